The largest absolute Gasteiger partial charge is 0.456 e. The van der Waals surface area contributed by atoms with Crippen LogP contribution in [0.5, 0.6) is 0 Å². The number of fused-ring (bicyclic) bond motifs is 10. The molecule has 0 atom stereocenters. The molecule has 0 radical (unpaired) electrons. The molecule has 0 aliphatic carbocycles. The minimum Gasteiger partial charge on any atom is -0.456 e. The Kier molecular flexibility index (Phi) is 8.99. The van der Waals surface area contributed by atoms with Crippen LogP contribution in [0, 0.1) is 0 Å². The minimum absolute atomic E-state index is 0.884. The molecule has 0 aliphatic heterocycles. The van der Waals surface area contributed by atoms with Gasteiger partial charge < -0.3 is 8.83 Å². The fourth-order valence-electron chi connectivity index (χ4n) is 11.8. The third-order valence-electron chi connectivity index (χ3n) is 15.1. The van der Waals surface area contributed by atoms with Gasteiger partial charge in [0, 0.05) is 32.7 Å². The van der Waals surface area contributed by atoms with E-state index in [1.807, 2.05) is 6.07 Å². The van der Waals surface area contributed by atoms with E-state index in [-0.39, 0.29) is 0 Å². The number of para-hydroxylation sites is 3. The summed E-state index contributed by atoms with van der Waals surface area (Å²) >= 11 is 0. The van der Waals surface area contributed by atoms with Gasteiger partial charge in [-0.05, 0) is 135 Å². The van der Waals surface area contributed by atoms with E-state index in [0.717, 1.165) is 66.1 Å². The van der Waals surface area contributed by atoms with E-state index in [0.29, 0.717) is 0 Å². The van der Waals surface area contributed by atoms with Crippen molar-refractivity contribution < 1.29 is 8.83 Å². The topological polar surface area (TPSA) is 26.3 Å². The predicted octanol–water partition coefficient (Wildman–Crippen LogP) is 20.1. The standard InChI is InChI=1S/C70H42O2/c1-3-16-43(17-4-1)44-30-32-46(33-31-44)67-55-24-9-10-25-56(55)69(60-27-15-26-59-51-21-12-14-29-64(51)72-70(59)60)58-39-35-48(41-62(58)67)47-34-38-57-61(40-47)68(49-36-37-52-50-20-11-13-28-63(50)71-65(52)42-49)54-23-8-7-22-53(54)66(57)45-18-5-2-6-19-45/h1-42H. The number of rotatable bonds is 6. The Bertz CT molecular complexity index is 4650. The predicted molar refractivity (Wildman–Crippen MR) is 304 cm³/mol. The number of hydrogen-bond acceptors (Lipinski definition) is 2. The summed E-state index contributed by atoms with van der Waals surface area (Å²) in [4.78, 5) is 0. The molecule has 0 saturated carbocycles. The van der Waals surface area contributed by atoms with Gasteiger partial charge in [0.25, 0.3) is 0 Å². The fourth-order valence-corrected chi connectivity index (χ4v) is 11.8. The maximum Gasteiger partial charge on any atom is 0.143 e. The van der Waals surface area contributed by atoms with E-state index in [9.17, 15) is 0 Å². The van der Waals surface area contributed by atoms with Crippen molar-refractivity contribution in [1.29, 1.82) is 0 Å². The van der Waals surface area contributed by atoms with Crippen molar-refractivity contribution in [2.75, 3.05) is 0 Å². The first-order chi connectivity index (χ1) is 35.7. The first kappa shape index (κ1) is 40.4. The SMILES string of the molecule is c1ccc(-c2ccc(-c3c4ccccc4c(-c4cccc5c4oc4ccccc45)c4ccc(-c5ccc6c(-c7ccccc7)c7ccccc7c(-c7ccc8c(c7)oc7ccccc78)c6c5)cc34)cc2)cc1. The third kappa shape index (κ3) is 6.22. The molecular weight excluding hydrogens is 873 g/mol. The van der Waals surface area contributed by atoms with Crippen LogP contribution in [-0.4, -0.2) is 0 Å². The quantitative estimate of drug-likeness (QED) is 0.155. The monoisotopic (exact) mass is 914 g/mol. The summed E-state index contributed by atoms with van der Waals surface area (Å²) in [7, 11) is 0. The van der Waals surface area contributed by atoms with Gasteiger partial charge in [-0.1, -0.05) is 218 Å². The van der Waals surface area contributed by atoms with Crippen LogP contribution in [0.3, 0.4) is 0 Å². The molecule has 0 amide bonds. The Hall–Kier alpha value is -9.50. The molecule has 0 unspecified atom stereocenters. The van der Waals surface area contributed by atoms with Gasteiger partial charge in [0.2, 0.25) is 0 Å². The van der Waals surface area contributed by atoms with E-state index in [2.05, 4.69) is 249 Å². The smallest absolute Gasteiger partial charge is 0.143 e. The van der Waals surface area contributed by atoms with E-state index >= 15 is 0 Å². The second kappa shape index (κ2) is 16.0. The molecule has 0 fully saturated rings. The van der Waals surface area contributed by atoms with E-state index in [4.69, 9.17) is 8.83 Å². The number of furan rings is 2. The molecule has 2 heteroatoms. The summed E-state index contributed by atoms with van der Waals surface area (Å²) in [6, 6.07) is 92.7. The summed E-state index contributed by atoms with van der Waals surface area (Å²) in [5.41, 5.74) is 17.6. The highest BCUT2D eigenvalue weighted by Gasteiger charge is 2.23. The Balaban J connectivity index is 1.01. The van der Waals surface area contributed by atoms with Crippen molar-refractivity contribution in [3.05, 3.63) is 255 Å². The Morgan fingerprint density at radius 1 is 0.181 bits per heavy atom. The number of hydrogen-bond donors (Lipinski definition) is 0. The van der Waals surface area contributed by atoms with Gasteiger partial charge in [0.1, 0.15) is 22.3 Å². The normalized spacial score (nSPS) is 11.9. The summed E-state index contributed by atoms with van der Waals surface area (Å²) in [5.74, 6) is 0. The maximum atomic E-state index is 6.79. The molecule has 0 saturated heterocycles. The molecule has 13 aromatic carbocycles. The Morgan fingerprint density at radius 2 is 0.556 bits per heavy atom. The molecule has 2 heterocycles. The van der Waals surface area contributed by atoms with Gasteiger partial charge in [0.05, 0.1) is 0 Å². The highest BCUT2D eigenvalue weighted by Crippen LogP contribution is 2.50. The second-order valence-corrected chi connectivity index (χ2v) is 19.0. The van der Waals surface area contributed by atoms with Crippen LogP contribution in [0.15, 0.2) is 264 Å². The van der Waals surface area contributed by atoms with Crippen LogP contribution in [0.4, 0.5) is 0 Å². The average molecular weight is 915 g/mol. The van der Waals surface area contributed by atoms with Gasteiger partial charge >= 0.3 is 0 Å². The highest BCUT2D eigenvalue weighted by molar-refractivity contribution is 6.26. The lowest BCUT2D eigenvalue weighted by Gasteiger charge is -2.20. The first-order valence-electron chi connectivity index (χ1n) is 24.7. The van der Waals surface area contributed by atoms with Gasteiger partial charge in [-0.3, -0.25) is 0 Å². The zero-order valence-electron chi connectivity index (χ0n) is 39.1. The summed E-state index contributed by atoms with van der Waals surface area (Å²) in [6.07, 6.45) is 0. The third-order valence-corrected chi connectivity index (χ3v) is 15.1. The molecule has 2 nitrogen and oxygen atoms in total. The van der Waals surface area contributed by atoms with Gasteiger partial charge in [0.15, 0.2) is 0 Å². The van der Waals surface area contributed by atoms with Crippen molar-refractivity contribution in [2.24, 2.45) is 0 Å². The lowest BCUT2D eigenvalue weighted by molar-refractivity contribution is 0.669. The van der Waals surface area contributed by atoms with Gasteiger partial charge in [-0.2, -0.15) is 0 Å². The average Bonchev–Trinajstić information content (AvgIpc) is 4.02. The molecule has 15 aromatic rings. The molecule has 72 heavy (non-hydrogen) atoms. The summed E-state index contributed by atoms with van der Waals surface area (Å²) in [6.45, 7) is 0. The van der Waals surface area contributed by atoms with Crippen molar-refractivity contribution in [3.63, 3.8) is 0 Å². The van der Waals surface area contributed by atoms with Crippen molar-refractivity contribution in [3.8, 4) is 66.8 Å². The molecule has 0 N–H and O–H groups in total. The fraction of sp³-hybridized carbons (Fsp3) is 0. The zero-order chi connectivity index (χ0) is 47.3. The second-order valence-electron chi connectivity index (χ2n) is 19.0. The molecule has 334 valence electrons. The highest BCUT2D eigenvalue weighted by atomic mass is 16.3. The zero-order valence-corrected chi connectivity index (χ0v) is 39.1. The lowest BCUT2D eigenvalue weighted by Crippen LogP contribution is -1.93. The Labute approximate surface area is 415 Å². The lowest BCUT2D eigenvalue weighted by atomic mass is 9.83. The van der Waals surface area contributed by atoms with Gasteiger partial charge in [-0.15, -0.1) is 0 Å². The van der Waals surface area contributed by atoms with Crippen LogP contribution >= 0.6 is 0 Å². The molecule has 15 rings (SSSR count). The van der Waals surface area contributed by atoms with Crippen LogP contribution in [0.25, 0.3) is 154 Å². The molecular formula is C70H42O2. The molecule has 0 spiro atoms. The van der Waals surface area contributed by atoms with Crippen LogP contribution in [-0.2, 0) is 0 Å². The summed E-state index contributed by atoms with van der Waals surface area (Å²) in [5, 5.41) is 14.0. The first-order valence-corrected chi connectivity index (χ1v) is 24.7. The van der Waals surface area contributed by atoms with Crippen molar-refractivity contribution in [2.45, 2.75) is 0 Å². The summed E-state index contributed by atoms with van der Waals surface area (Å²) < 4.78 is 13.3. The van der Waals surface area contributed by atoms with Crippen molar-refractivity contribution >= 4 is 87.0 Å². The van der Waals surface area contributed by atoms with Gasteiger partial charge in [-0.25, -0.2) is 0 Å². The van der Waals surface area contributed by atoms with Crippen LogP contribution in [0.1, 0.15) is 0 Å². The Morgan fingerprint density at radius 3 is 1.19 bits per heavy atom. The van der Waals surface area contributed by atoms with Crippen LogP contribution in [0.2, 0.25) is 0 Å². The number of benzene rings is 13. The van der Waals surface area contributed by atoms with Crippen LogP contribution < -0.4 is 0 Å². The minimum atomic E-state index is 0.884. The molecule has 2 aromatic heterocycles. The molecule has 0 bridgehead atoms. The van der Waals surface area contributed by atoms with E-state index in [1.165, 1.54) is 87.6 Å². The maximum absolute atomic E-state index is 6.79. The van der Waals surface area contributed by atoms with Crippen molar-refractivity contribution in [1.82, 2.24) is 0 Å². The van der Waals surface area contributed by atoms with E-state index < -0.39 is 0 Å². The molecule has 0 aliphatic rings. The van der Waals surface area contributed by atoms with E-state index in [1.54, 1.807) is 0 Å².